The van der Waals surface area contributed by atoms with Crippen molar-refractivity contribution in [1.82, 2.24) is 10.2 Å². The lowest BCUT2D eigenvalue weighted by atomic mass is 9.75. The quantitative estimate of drug-likeness (QED) is 0.598. The summed E-state index contributed by atoms with van der Waals surface area (Å²) in [6.07, 6.45) is 3.62. The number of aromatic amines is 1. The van der Waals surface area contributed by atoms with Gasteiger partial charge in [-0.3, -0.25) is 10.1 Å². The summed E-state index contributed by atoms with van der Waals surface area (Å²) in [7, 11) is 1.45. The molecule has 0 aliphatic heterocycles. The van der Waals surface area contributed by atoms with Crippen molar-refractivity contribution in [2.24, 2.45) is 4.99 Å². The van der Waals surface area contributed by atoms with E-state index in [1.165, 1.54) is 13.2 Å². The van der Waals surface area contributed by atoms with Crippen LogP contribution in [0.5, 0.6) is 5.75 Å². The highest BCUT2D eigenvalue weighted by atomic mass is 19.1. The number of aromatic nitrogens is 2. The number of methoxy groups -OCH3 is 1. The van der Waals surface area contributed by atoms with E-state index in [0.29, 0.717) is 12.0 Å². The van der Waals surface area contributed by atoms with E-state index in [1.807, 2.05) is 39.0 Å². The van der Waals surface area contributed by atoms with Gasteiger partial charge >= 0.3 is 0 Å². The summed E-state index contributed by atoms with van der Waals surface area (Å²) in [5, 5.41) is 18.9. The van der Waals surface area contributed by atoms with E-state index in [0.717, 1.165) is 22.2 Å². The van der Waals surface area contributed by atoms with Gasteiger partial charge in [0.15, 0.2) is 11.6 Å². The highest BCUT2D eigenvalue weighted by molar-refractivity contribution is 5.93. The molecule has 28 heavy (non-hydrogen) atoms. The van der Waals surface area contributed by atoms with E-state index >= 15 is 0 Å². The van der Waals surface area contributed by atoms with E-state index in [2.05, 4.69) is 15.2 Å². The van der Waals surface area contributed by atoms with Gasteiger partial charge < -0.3 is 9.84 Å². The topological polar surface area (TPSA) is 70.5 Å². The van der Waals surface area contributed by atoms with Crippen molar-refractivity contribution in [1.29, 1.82) is 0 Å². The maximum absolute atomic E-state index is 14.1. The lowest BCUT2D eigenvalue weighted by Crippen LogP contribution is -2.35. The van der Waals surface area contributed by atoms with Crippen LogP contribution in [0.4, 0.5) is 10.1 Å². The molecule has 1 unspecified atom stereocenters. The summed E-state index contributed by atoms with van der Waals surface area (Å²) in [6, 6.07) is 8.76. The lowest BCUT2D eigenvalue weighted by molar-refractivity contribution is 0.103. The van der Waals surface area contributed by atoms with Crippen LogP contribution in [0.1, 0.15) is 38.3 Å². The lowest BCUT2D eigenvalue weighted by Gasteiger charge is -2.33. The van der Waals surface area contributed by atoms with Gasteiger partial charge in [-0.2, -0.15) is 5.10 Å². The SMILES string of the molecule is COc1c(F)cccc1C(C)(C)CC(C)(O)C=Nc1c(C)ccc2[nH]ncc12. The van der Waals surface area contributed by atoms with Crippen molar-refractivity contribution >= 4 is 22.8 Å². The van der Waals surface area contributed by atoms with Crippen molar-refractivity contribution in [2.45, 2.75) is 45.1 Å². The van der Waals surface area contributed by atoms with E-state index in [9.17, 15) is 9.50 Å². The zero-order chi connectivity index (χ0) is 20.5. The minimum absolute atomic E-state index is 0.208. The number of para-hydroxylation sites is 1. The predicted molar refractivity (Wildman–Crippen MR) is 110 cm³/mol. The maximum Gasteiger partial charge on any atom is 0.165 e. The molecule has 0 saturated heterocycles. The van der Waals surface area contributed by atoms with Crippen molar-refractivity contribution in [3.05, 3.63) is 53.5 Å². The van der Waals surface area contributed by atoms with Gasteiger partial charge in [-0.1, -0.05) is 32.0 Å². The Kier molecular flexibility index (Phi) is 5.26. The number of hydrogen-bond donors (Lipinski definition) is 2. The second kappa shape index (κ2) is 7.36. The number of aryl methyl sites for hydroxylation is 1. The first-order chi connectivity index (χ1) is 13.1. The molecule has 0 spiro atoms. The standard InChI is InChI=1S/C22H26FN3O2/c1-14-9-10-18-15(11-25-26-18)19(14)24-13-22(4,27)12-21(2,3)16-7-6-8-17(23)20(16)28-5/h6-11,13,27H,12H2,1-5H3,(H,25,26). The first kappa shape index (κ1) is 20.0. The Labute approximate surface area is 164 Å². The Bertz CT molecular complexity index is 1020. The molecule has 1 aromatic heterocycles. The molecule has 6 heteroatoms. The van der Waals surface area contributed by atoms with E-state index in [-0.39, 0.29) is 5.75 Å². The molecule has 5 nitrogen and oxygen atoms in total. The van der Waals surface area contributed by atoms with E-state index in [4.69, 9.17) is 4.74 Å². The Hall–Kier alpha value is -2.73. The third kappa shape index (κ3) is 3.92. The average molecular weight is 383 g/mol. The number of nitrogens with zero attached hydrogens (tertiary/aromatic N) is 2. The Balaban J connectivity index is 1.91. The highest BCUT2D eigenvalue weighted by Crippen LogP contribution is 2.39. The molecule has 1 heterocycles. The molecule has 0 amide bonds. The summed E-state index contributed by atoms with van der Waals surface area (Å²) in [6.45, 7) is 7.58. The summed E-state index contributed by atoms with van der Waals surface area (Å²) in [5.74, 6) is -0.206. The van der Waals surface area contributed by atoms with Crippen LogP contribution >= 0.6 is 0 Å². The second-order valence-electron chi connectivity index (χ2n) is 8.06. The van der Waals surface area contributed by atoms with Crippen LogP contribution in [0, 0.1) is 12.7 Å². The number of nitrogens with one attached hydrogen (secondary N) is 1. The molecular weight excluding hydrogens is 357 g/mol. The fourth-order valence-corrected chi connectivity index (χ4v) is 3.77. The predicted octanol–water partition coefficient (Wildman–Crippen LogP) is 4.84. The van der Waals surface area contributed by atoms with Crippen LogP contribution < -0.4 is 4.74 Å². The number of hydrogen-bond acceptors (Lipinski definition) is 4. The molecule has 0 aliphatic carbocycles. The zero-order valence-electron chi connectivity index (χ0n) is 16.9. The van der Waals surface area contributed by atoms with Crippen LogP contribution in [0.3, 0.4) is 0 Å². The van der Waals surface area contributed by atoms with Crippen LogP contribution in [0.15, 0.2) is 41.5 Å². The molecule has 0 fully saturated rings. The minimum atomic E-state index is -1.21. The third-order valence-electron chi connectivity index (χ3n) is 4.97. The average Bonchev–Trinajstić information content (AvgIpc) is 3.08. The Morgan fingerprint density at radius 3 is 2.71 bits per heavy atom. The normalized spacial score (nSPS) is 14.5. The number of fused-ring (bicyclic) bond motifs is 1. The van der Waals surface area contributed by atoms with Crippen molar-refractivity contribution < 1.29 is 14.2 Å². The number of halogens is 1. The number of aliphatic imine (C=N–C) groups is 1. The molecular formula is C22H26FN3O2. The second-order valence-corrected chi connectivity index (χ2v) is 8.06. The van der Waals surface area contributed by atoms with Crippen molar-refractivity contribution in [2.75, 3.05) is 7.11 Å². The van der Waals surface area contributed by atoms with Gasteiger partial charge in [0.1, 0.15) is 0 Å². The minimum Gasteiger partial charge on any atom is -0.493 e. The van der Waals surface area contributed by atoms with Gasteiger partial charge in [0.25, 0.3) is 0 Å². The molecule has 2 aromatic carbocycles. The molecule has 2 N–H and O–H groups in total. The van der Waals surface area contributed by atoms with Crippen LogP contribution in [-0.4, -0.2) is 34.2 Å². The Morgan fingerprint density at radius 1 is 1.25 bits per heavy atom. The molecule has 148 valence electrons. The van der Waals surface area contributed by atoms with E-state index < -0.39 is 16.8 Å². The number of aliphatic hydroxyl groups is 1. The smallest absolute Gasteiger partial charge is 0.165 e. The van der Waals surface area contributed by atoms with Crippen molar-refractivity contribution in [3.63, 3.8) is 0 Å². The summed E-state index contributed by atoms with van der Waals surface area (Å²) in [5.41, 5.74) is 1.61. The first-order valence-electron chi connectivity index (χ1n) is 9.18. The molecule has 0 aliphatic rings. The van der Waals surface area contributed by atoms with Gasteiger partial charge in [0.2, 0.25) is 0 Å². The van der Waals surface area contributed by atoms with Crippen LogP contribution in [0.25, 0.3) is 10.9 Å². The first-order valence-corrected chi connectivity index (χ1v) is 9.18. The maximum atomic E-state index is 14.1. The fourth-order valence-electron chi connectivity index (χ4n) is 3.77. The molecule has 3 aromatic rings. The molecule has 1 atom stereocenters. The van der Waals surface area contributed by atoms with Gasteiger partial charge in [-0.05, 0) is 43.4 Å². The zero-order valence-corrected chi connectivity index (χ0v) is 16.9. The van der Waals surface area contributed by atoms with Gasteiger partial charge in [0, 0.05) is 17.2 Å². The summed E-state index contributed by atoms with van der Waals surface area (Å²) >= 11 is 0. The van der Waals surface area contributed by atoms with Gasteiger partial charge in [-0.15, -0.1) is 0 Å². The number of H-pyrrole nitrogens is 1. The van der Waals surface area contributed by atoms with Crippen molar-refractivity contribution in [3.8, 4) is 5.75 Å². The molecule has 0 saturated carbocycles. The van der Waals surface area contributed by atoms with Gasteiger partial charge in [0.05, 0.1) is 30.1 Å². The summed E-state index contributed by atoms with van der Waals surface area (Å²) in [4.78, 5) is 4.58. The highest BCUT2D eigenvalue weighted by Gasteiger charge is 2.33. The van der Waals surface area contributed by atoms with E-state index in [1.54, 1.807) is 25.4 Å². The number of ether oxygens (including phenoxy) is 1. The fraction of sp³-hybridized carbons (Fsp3) is 0.364. The monoisotopic (exact) mass is 383 g/mol. The summed E-state index contributed by atoms with van der Waals surface area (Å²) < 4.78 is 19.4. The van der Waals surface area contributed by atoms with Gasteiger partial charge in [-0.25, -0.2) is 4.39 Å². The number of rotatable bonds is 6. The van der Waals surface area contributed by atoms with Crippen LogP contribution in [-0.2, 0) is 5.41 Å². The molecule has 0 radical (unpaired) electrons. The molecule has 0 bridgehead atoms. The molecule has 3 rings (SSSR count). The van der Waals surface area contributed by atoms with Crippen LogP contribution in [0.2, 0.25) is 0 Å². The largest absolute Gasteiger partial charge is 0.493 e. The third-order valence-corrected chi connectivity index (χ3v) is 4.97. The number of benzene rings is 2. The Morgan fingerprint density at radius 2 is 2.00 bits per heavy atom.